The minimum Gasteiger partial charge on any atom is -0.497 e. The molecule has 0 unspecified atom stereocenters. The molecule has 6 heterocycles. The van der Waals surface area contributed by atoms with Crippen molar-refractivity contribution in [3.8, 4) is 11.5 Å². The number of imidazole rings is 2. The molecule has 0 spiro atoms. The number of rotatable bonds is 10. The number of pyridine rings is 2. The monoisotopic (exact) mass is 968 g/mol. The second kappa shape index (κ2) is 23.3. The van der Waals surface area contributed by atoms with Crippen molar-refractivity contribution in [3.05, 3.63) is 116 Å². The van der Waals surface area contributed by atoms with Crippen molar-refractivity contribution in [2.24, 2.45) is 11.8 Å². The van der Waals surface area contributed by atoms with Crippen molar-refractivity contribution >= 4 is 86.1 Å². The van der Waals surface area contributed by atoms with E-state index >= 15 is 0 Å². The Morgan fingerprint density at radius 3 is 1.56 bits per heavy atom. The van der Waals surface area contributed by atoms with Crippen LogP contribution in [-0.2, 0) is 9.59 Å². The zero-order chi connectivity index (χ0) is 48.3. The molecule has 70 heavy (non-hydrogen) atoms. The van der Waals surface area contributed by atoms with Crippen molar-refractivity contribution in [2.45, 2.75) is 70.9 Å². The number of fused-ring (bicyclic) bond motifs is 2. The van der Waals surface area contributed by atoms with Crippen molar-refractivity contribution in [1.82, 2.24) is 49.0 Å². The minimum absolute atomic E-state index is 0. The predicted molar refractivity (Wildman–Crippen MR) is 273 cm³/mol. The van der Waals surface area contributed by atoms with Gasteiger partial charge in [0.25, 0.3) is 0 Å². The van der Waals surface area contributed by atoms with Gasteiger partial charge in [0.15, 0.2) is 22.9 Å². The standard InChI is InChI=1S/C24H26N8O2.C19H21ClN6O2.C5H6N2.CH4/c1-34-19-6-2-4-16(12-19)28-23(33)15-7-9-18(10-8-15)32-14-27-20-21(25)30-24(31-22(20)32)29-17-5-3-11-26-13-17;1-28-14-4-2-3-12(9-14)23-18(27)11-5-7-13(8-6-11)26-10-22-15-16(21)24-19(20)25-17(15)26;6-5-2-1-3-7-4-5;/h2-6,11-15,18H,7-10H2,1H3,(H,28,33)(H3,25,29,30,31);2-4,9-11,13H,5-8H2,1H3,(H,23,27)(H2,21,24,25);1-4H,6H2;1H4. The summed E-state index contributed by atoms with van der Waals surface area (Å²) in [5.41, 5.74) is 22.8. The molecule has 364 valence electrons. The van der Waals surface area contributed by atoms with Gasteiger partial charge in [0.05, 0.1) is 44.4 Å². The van der Waals surface area contributed by atoms with Gasteiger partial charge in [-0.25, -0.2) is 9.97 Å². The molecule has 0 bridgehead atoms. The van der Waals surface area contributed by atoms with Gasteiger partial charge in [-0.3, -0.25) is 19.6 Å². The van der Waals surface area contributed by atoms with Crippen molar-refractivity contribution < 1.29 is 19.1 Å². The van der Waals surface area contributed by atoms with Crippen LogP contribution in [-0.4, -0.2) is 75.0 Å². The fourth-order valence-electron chi connectivity index (χ4n) is 8.50. The van der Waals surface area contributed by atoms with Gasteiger partial charge in [0, 0.05) is 66.0 Å². The average molecular weight is 970 g/mol. The molecule has 2 aliphatic carbocycles. The number of nitrogens with two attached hydrogens (primary N) is 3. The number of nitrogens with zero attached hydrogens (tertiary/aromatic N) is 10. The van der Waals surface area contributed by atoms with Gasteiger partial charge in [-0.2, -0.15) is 19.9 Å². The van der Waals surface area contributed by atoms with E-state index in [0.717, 1.165) is 68.4 Å². The van der Waals surface area contributed by atoms with Crippen LogP contribution < -0.4 is 42.6 Å². The van der Waals surface area contributed by atoms with E-state index in [4.69, 9.17) is 38.3 Å². The van der Waals surface area contributed by atoms with Crippen LogP contribution in [0.2, 0.25) is 5.28 Å². The van der Waals surface area contributed by atoms with Crippen LogP contribution in [0.25, 0.3) is 22.3 Å². The van der Waals surface area contributed by atoms with Gasteiger partial charge in [-0.05, 0) is 111 Å². The van der Waals surface area contributed by atoms with E-state index < -0.39 is 0 Å². The first-order valence-corrected chi connectivity index (χ1v) is 22.8. The number of ether oxygens (including phenoxy) is 2. The van der Waals surface area contributed by atoms with Crippen LogP contribution in [0.1, 0.15) is 70.9 Å². The number of halogens is 1. The Hall–Kier alpha value is -8.13. The van der Waals surface area contributed by atoms with Crippen LogP contribution >= 0.6 is 11.6 Å². The van der Waals surface area contributed by atoms with Crippen molar-refractivity contribution in [3.63, 3.8) is 0 Å². The smallest absolute Gasteiger partial charge is 0.231 e. The molecule has 2 saturated carbocycles. The Morgan fingerprint density at radius 1 is 0.614 bits per heavy atom. The molecule has 21 heteroatoms. The van der Waals surface area contributed by atoms with E-state index in [1.807, 2.05) is 65.2 Å². The Morgan fingerprint density at radius 2 is 1.10 bits per heavy atom. The molecule has 20 nitrogen and oxygen atoms in total. The number of hydrogen-bond donors (Lipinski definition) is 6. The van der Waals surface area contributed by atoms with Gasteiger partial charge < -0.3 is 51.8 Å². The predicted octanol–water partition coefficient (Wildman–Crippen LogP) is 8.67. The highest BCUT2D eigenvalue weighted by Gasteiger charge is 2.30. The third-order valence-corrected chi connectivity index (χ3v) is 12.2. The lowest BCUT2D eigenvalue weighted by atomic mass is 9.85. The summed E-state index contributed by atoms with van der Waals surface area (Å²) in [6.45, 7) is 0. The molecule has 0 saturated heterocycles. The highest BCUT2D eigenvalue weighted by molar-refractivity contribution is 6.28. The summed E-state index contributed by atoms with van der Waals surface area (Å²) in [6.07, 6.45) is 16.7. The third kappa shape index (κ3) is 12.3. The number of nitrogens with one attached hydrogen (secondary N) is 3. The number of nitrogen functional groups attached to an aromatic ring is 3. The summed E-state index contributed by atoms with van der Waals surface area (Å²) in [7, 11) is 3.21. The Balaban J connectivity index is 0.000000181. The van der Waals surface area contributed by atoms with E-state index in [1.165, 1.54) is 0 Å². The van der Waals surface area contributed by atoms with E-state index in [1.54, 1.807) is 63.8 Å². The number of hydrogen-bond acceptors (Lipinski definition) is 16. The number of aromatic nitrogens is 10. The van der Waals surface area contributed by atoms with Gasteiger partial charge in [-0.1, -0.05) is 19.6 Å². The quantitative estimate of drug-likeness (QED) is 0.0699. The second-order valence-corrected chi connectivity index (χ2v) is 16.9. The van der Waals surface area contributed by atoms with Gasteiger partial charge >= 0.3 is 0 Å². The van der Waals surface area contributed by atoms with E-state index in [9.17, 15) is 9.59 Å². The molecule has 2 aromatic carbocycles. The maximum Gasteiger partial charge on any atom is 0.231 e. The molecule has 8 aromatic rings. The number of benzene rings is 2. The Bertz CT molecular complexity index is 2990. The zero-order valence-corrected chi connectivity index (χ0v) is 38.8. The maximum atomic E-state index is 12.8. The lowest BCUT2D eigenvalue weighted by Gasteiger charge is -2.28. The summed E-state index contributed by atoms with van der Waals surface area (Å²) < 4.78 is 14.5. The number of amides is 2. The van der Waals surface area contributed by atoms with Crippen LogP contribution in [0.5, 0.6) is 11.5 Å². The van der Waals surface area contributed by atoms with Crippen molar-refractivity contribution in [1.29, 1.82) is 0 Å². The van der Waals surface area contributed by atoms with E-state index in [-0.39, 0.29) is 54.3 Å². The zero-order valence-electron chi connectivity index (χ0n) is 38.1. The minimum atomic E-state index is -0.0419. The lowest BCUT2D eigenvalue weighted by molar-refractivity contribution is -0.121. The first-order valence-electron chi connectivity index (χ1n) is 22.4. The highest BCUT2D eigenvalue weighted by Crippen LogP contribution is 2.37. The number of carbonyl (C=O) groups excluding carboxylic acids is 2. The molecule has 6 aromatic heterocycles. The summed E-state index contributed by atoms with van der Waals surface area (Å²) in [6, 6.07) is 22.5. The van der Waals surface area contributed by atoms with E-state index in [2.05, 4.69) is 60.4 Å². The number of methoxy groups -OCH3 is 2. The molecular weight excluding hydrogens is 912 g/mol. The van der Waals surface area contributed by atoms with Crippen LogP contribution in [0.4, 0.5) is 40.3 Å². The molecule has 2 aliphatic rings. The normalized spacial score (nSPS) is 17.4. The molecule has 0 radical (unpaired) electrons. The number of carbonyl (C=O) groups is 2. The molecule has 0 aliphatic heterocycles. The van der Waals surface area contributed by atoms with Crippen LogP contribution in [0, 0.1) is 11.8 Å². The molecule has 2 fully saturated rings. The average Bonchev–Trinajstić information content (AvgIpc) is 4.01. The van der Waals surface area contributed by atoms with Crippen LogP contribution in [0.15, 0.2) is 110 Å². The highest BCUT2D eigenvalue weighted by atomic mass is 35.5. The lowest BCUT2D eigenvalue weighted by Crippen LogP contribution is -2.28. The Kier molecular flexibility index (Phi) is 16.5. The molecule has 10 rings (SSSR count). The summed E-state index contributed by atoms with van der Waals surface area (Å²) in [5, 5.41) is 9.25. The fraction of sp³-hybridized carbons (Fsp3) is 0.306. The summed E-state index contributed by atoms with van der Waals surface area (Å²) >= 11 is 5.95. The molecule has 9 N–H and O–H groups in total. The molecule has 2 amide bonds. The van der Waals surface area contributed by atoms with Crippen LogP contribution in [0.3, 0.4) is 0 Å². The topological polar surface area (TPSA) is 280 Å². The second-order valence-electron chi connectivity index (χ2n) is 16.6. The first-order chi connectivity index (χ1) is 33.5. The van der Waals surface area contributed by atoms with E-state index in [0.29, 0.717) is 51.3 Å². The largest absolute Gasteiger partial charge is 0.497 e. The molecular formula is C49H57ClN16O4. The van der Waals surface area contributed by atoms with Crippen molar-refractivity contribution in [2.75, 3.05) is 47.4 Å². The van der Waals surface area contributed by atoms with Gasteiger partial charge in [0.1, 0.15) is 22.5 Å². The summed E-state index contributed by atoms with van der Waals surface area (Å²) in [5.74, 6) is 2.43. The third-order valence-electron chi connectivity index (χ3n) is 12.1. The SMILES string of the molecule is C.COc1cccc(NC(=O)C2CCC(n3cnc4c(N)nc(Cl)nc43)CC2)c1.COc1cccc(NC(=O)C2CCC(n3cnc4c(N)nc(Nc5cccnc5)nc43)CC2)c1.Nc1cccnc1. The molecule has 0 atom stereocenters. The summed E-state index contributed by atoms with van der Waals surface area (Å²) in [4.78, 5) is 59.3. The fourth-order valence-corrected chi connectivity index (χ4v) is 8.67. The number of anilines is 7. The first kappa shape index (κ1) is 49.8. The van der Waals surface area contributed by atoms with Gasteiger partial charge in [-0.15, -0.1) is 0 Å². The maximum absolute atomic E-state index is 12.8. The Labute approximate surface area is 409 Å². The van der Waals surface area contributed by atoms with Gasteiger partial charge in [0.2, 0.25) is 23.0 Å².